The predicted molar refractivity (Wildman–Crippen MR) is 80.4 cm³/mol. The number of hydrogen-bond acceptors (Lipinski definition) is 3. The Labute approximate surface area is 114 Å². The molecule has 104 valence electrons. The summed E-state index contributed by atoms with van der Waals surface area (Å²) < 4.78 is 0. The fourth-order valence-corrected chi connectivity index (χ4v) is 2.27. The molecular weight excluding hydrogens is 236 g/mol. The lowest BCUT2D eigenvalue weighted by atomic mass is 9.84. The number of nitrogens with zero attached hydrogens (tertiary/aromatic N) is 1. The van der Waals surface area contributed by atoms with Gasteiger partial charge in [0, 0.05) is 24.5 Å². The molecule has 0 aliphatic carbocycles. The monoisotopic (exact) mass is 260 g/mol. The van der Waals surface area contributed by atoms with Crippen LogP contribution in [0.2, 0.25) is 0 Å². The maximum Gasteiger partial charge on any atom is 0.104 e. The summed E-state index contributed by atoms with van der Waals surface area (Å²) in [5.41, 5.74) is 9.27. The molecule has 0 radical (unpaired) electrons. The molecule has 0 aliphatic rings. The van der Waals surface area contributed by atoms with Crippen molar-refractivity contribution in [2.24, 2.45) is 5.73 Å². The van der Waals surface area contributed by atoms with E-state index in [0.29, 0.717) is 0 Å². The van der Waals surface area contributed by atoms with Gasteiger partial charge < -0.3 is 16.0 Å². The van der Waals surface area contributed by atoms with Crippen LogP contribution in [-0.2, 0) is 5.41 Å². The lowest BCUT2D eigenvalue weighted by Crippen LogP contribution is -2.38. The van der Waals surface area contributed by atoms with Gasteiger partial charge in [-0.3, -0.25) is 0 Å². The van der Waals surface area contributed by atoms with Crippen molar-refractivity contribution in [1.29, 1.82) is 0 Å². The fraction of sp³-hybridized carbons (Fsp3) is 0.533. The van der Waals surface area contributed by atoms with E-state index in [0.717, 1.165) is 29.9 Å². The first-order valence-corrected chi connectivity index (χ1v) is 6.81. The van der Waals surface area contributed by atoms with Crippen molar-refractivity contribution in [3.63, 3.8) is 0 Å². The van der Waals surface area contributed by atoms with Crippen LogP contribution in [0.15, 0.2) is 18.2 Å². The number of benzene rings is 1. The molecular formula is C15H24N4. The number of rotatable bonds is 5. The Hall–Kier alpha value is -1.39. The van der Waals surface area contributed by atoms with Crippen LogP contribution >= 0.6 is 0 Å². The number of nitrogens with two attached hydrogens (primary N) is 1. The zero-order chi connectivity index (χ0) is 14.0. The summed E-state index contributed by atoms with van der Waals surface area (Å²) in [6, 6.07) is 6.63. The number of imidazole rings is 1. The van der Waals surface area contributed by atoms with Crippen LogP contribution in [0.3, 0.4) is 0 Å². The van der Waals surface area contributed by atoms with Crippen molar-refractivity contribution < 1.29 is 0 Å². The lowest BCUT2D eigenvalue weighted by Gasteiger charge is -2.26. The zero-order valence-electron chi connectivity index (χ0n) is 12.2. The van der Waals surface area contributed by atoms with E-state index in [-0.39, 0.29) is 11.5 Å². The van der Waals surface area contributed by atoms with Crippen LogP contribution in [-0.4, -0.2) is 29.1 Å². The van der Waals surface area contributed by atoms with Crippen LogP contribution in [0, 0.1) is 6.92 Å². The van der Waals surface area contributed by atoms with Crippen LogP contribution in [0.1, 0.15) is 32.2 Å². The van der Waals surface area contributed by atoms with Crippen molar-refractivity contribution in [2.75, 3.05) is 13.1 Å². The Morgan fingerprint density at radius 1 is 1.42 bits per heavy atom. The third-order valence-electron chi connectivity index (χ3n) is 3.42. The molecule has 0 saturated carbocycles. The molecule has 0 aliphatic heterocycles. The summed E-state index contributed by atoms with van der Waals surface area (Å²) in [5, 5.41) is 3.43. The maximum atomic E-state index is 5.76. The molecule has 0 bridgehead atoms. The number of aryl methyl sites for hydroxylation is 1. The molecule has 0 spiro atoms. The van der Waals surface area contributed by atoms with Crippen molar-refractivity contribution in [3.8, 4) is 0 Å². The molecule has 1 atom stereocenters. The van der Waals surface area contributed by atoms with Crippen LogP contribution < -0.4 is 11.1 Å². The second-order valence-corrected chi connectivity index (χ2v) is 6.05. The number of nitrogens with one attached hydrogen (secondary N) is 2. The Morgan fingerprint density at radius 2 is 2.16 bits per heavy atom. The van der Waals surface area contributed by atoms with Crippen LogP contribution in [0.5, 0.6) is 0 Å². The standard InChI is InChI=1S/C15H24N4/c1-10(16)8-17-9-15(3,4)12-5-6-13-14(7-12)19-11(2)18-13/h5-7,10,17H,8-9,16H2,1-4H3,(H,18,19). The van der Waals surface area contributed by atoms with Gasteiger partial charge in [0.05, 0.1) is 11.0 Å². The van der Waals surface area contributed by atoms with E-state index in [9.17, 15) is 0 Å². The maximum absolute atomic E-state index is 5.76. The van der Waals surface area contributed by atoms with E-state index in [4.69, 9.17) is 5.73 Å². The topological polar surface area (TPSA) is 66.7 Å². The average Bonchev–Trinajstić information content (AvgIpc) is 2.67. The van der Waals surface area contributed by atoms with Gasteiger partial charge in [-0.05, 0) is 31.5 Å². The van der Waals surface area contributed by atoms with E-state index in [2.05, 4.69) is 47.3 Å². The number of aromatic nitrogens is 2. The molecule has 4 N–H and O–H groups in total. The molecule has 1 aromatic carbocycles. The molecule has 19 heavy (non-hydrogen) atoms. The van der Waals surface area contributed by atoms with Gasteiger partial charge in [-0.2, -0.15) is 0 Å². The molecule has 1 aromatic heterocycles. The first-order valence-electron chi connectivity index (χ1n) is 6.81. The lowest BCUT2D eigenvalue weighted by molar-refractivity contribution is 0.459. The zero-order valence-corrected chi connectivity index (χ0v) is 12.2. The Morgan fingerprint density at radius 3 is 2.84 bits per heavy atom. The third-order valence-corrected chi connectivity index (χ3v) is 3.42. The summed E-state index contributed by atoms with van der Waals surface area (Å²) >= 11 is 0. The molecule has 4 nitrogen and oxygen atoms in total. The molecule has 2 aromatic rings. The number of fused-ring (bicyclic) bond motifs is 1. The van der Waals surface area contributed by atoms with Gasteiger partial charge in [-0.1, -0.05) is 19.9 Å². The summed E-state index contributed by atoms with van der Waals surface area (Å²) in [6.07, 6.45) is 0. The summed E-state index contributed by atoms with van der Waals surface area (Å²) in [5.74, 6) is 0.958. The SMILES string of the molecule is Cc1nc2ccc(C(C)(C)CNCC(C)N)cc2[nH]1. The second-order valence-electron chi connectivity index (χ2n) is 6.05. The third kappa shape index (κ3) is 3.33. The number of H-pyrrole nitrogens is 1. The van der Waals surface area contributed by atoms with E-state index in [1.807, 2.05) is 13.8 Å². The Kier molecular flexibility index (Phi) is 3.92. The first-order chi connectivity index (χ1) is 8.88. The molecule has 0 saturated heterocycles. The Balaban J connectivity index is 2.16. The molecule has 1 heterocycles. The minimum absolute atomic E-state index is 0.0715. The van der Waals surface area contributed by atoms with Crippen molar-refractivity contribution >= 4 is 11.0 Å². The predicted octanol–water partition coefficient (Wildman–Crippen LogP) is 2.09. The van der Waals surface area contributed by atoms with Gasteiger partial charge in [-0.15, -0.1) is 0 Å². The van der Waals surface area contributed by atoms with Gasteiger partial charge in [0.25, 0.3) is 0 Å². The second kappa shape index (κ2) is 5.31. The van der Waals surface area contributed by atoms with Crippen LogP contribution in [0.4, 0.5) is 0 Å². The van der Waals surface area contributed by atoms with E-state index >= 15 is 0 Å². The van der Waals surface area contributed by atoms with Gasteiger partial charge in [0.15, 0.2) is 0 Å². The van der Waals surface area contributed by atoms with E-state index in [1.165, 1.54) is 5.56 Å². The summed E-state index contributed by atoms with van der Waals surface area (Å²) in [7, 11) is 0. The van der Waals surface area contributed by atoms with Gasteiger partial charge in [-0.25, -0.2) is 4.98 Å². The highest BCUT2D eigenvalue weighted by Gasteiger charge is 2.21. The quantitative estimate of drug-likeness (QED) is 0.771. The molecule has 0 fully saturated rings. The molecule has 0 amide bonds. The van der Waals surface area contributed by atoms with Gasteiger partial charge >= 0.3 is 0 Å². The smallest absolute Gasteiger partial charge is 0.104 e. The van der Waals surface area contributed by atoms with E-state index in [1.54, 1.807) is 0 Å². The largest absolute Gasteiger partial charge is 0.342 e. The van der Waals surface area contributed by atoms with Crippen molar-refractivity contribution in [3.05, 3.63) is 29.6 Å². The number of hydrogen-bond donors (Lipinski definition) is 3. The average molecular weight is 260 g/mol. The van der Waals surface area contributed by atoms with Crippen LogP contribution in [0.25, 0.3) is 11.0 Å². The number of aromatic amines is 1. The minimum atomic E-state index is 0.0715. The van der Waals surface area contributed by atoms with Gasteiger partial charge in [0.2, 0.25) is 0 Å². The highest BCUT2D eigenvalue weighted by Crippen LogP contribution is 2.25. The summed E-state index contributed by atoms with van der Waals surface area (Å²) in [6.45, 7) is 10.2. The highest BCUT2D eigenvalue weighted by molar-refractivity contribution is 5.76. The molecule has 2 rings (SSSR count). The molecule has 4 heteroatoms. The van der Waals surface area contributed by atoms with Crippen molar-refractivity contribution in [1.82, 2.24) is 15.3 Å². The normalized spacial score (nSPS) is 13.9. The van der Waals surface area contributed by atoms with E-state index < -0.39 is 0 Å². The first kappa shape index (κ1) is 14.0. The highest BCUT2D eigenvalue weighted by atomic mass is 14.9. The summed E-state index contributed by atoms with van der Waals surface area (Å²) in [4.78, 5) is 7.73. The fourth-order valence-electron chi connectivity index (χ4n) is 2.27. The van der Waals surface area contributed by atoms with Crippen molar-refractivity contribution in [2.45, 2.75) is 39.2 Å². The Bertz CT molecular complexity index is 554. The minimum Gasteiger partial charge on any atom is -0.342 e. The molecule has 1 unspecified atom stereocenters. The van der Waals surface area contributed by atoms with Gasteiger partial charge in [0.1, 0.15) is 5.82 Å².